The number of hydrogen-bond donors (Lipinski definition) is 1. The van der Waals surface area contributed by atoms with Crippen LogP contribution in [0.4, 0.5) is 5.69 Å². The molecule has 98 valence electrons. The van der Waals surface area contributed by atoms with Gasteiger partial charge in [0.1, 0.15) is 5.69 Å². The number of carbonyl (C=O) groups is 1. The minimum absolute atomic E-state index is 0.0881. The zero-order valence-corrected chi connectivity index (χ0v) is 10.5. The first kappa shape index (κ1) is 12.9. The van der Waals surface area contributed by atoms with Crippen molar-refractivity contribution >= 4 is 23.2 Å². The Morgan fingerprint density at radius 1 is 1.67 bits per heavy atom. The molecule has 1 N–H and O–H groups in total. The van der Waals surface area contributed by atoms with E-state index in [4.69, 9.17) is 11.6 Å². The van der Waals surface area contributed by atoms with Crippen LogP contribution in [-0.2, 0) is 0 Å². The largest absolute Gasteiger partial charge is 0.351 e. The quantitative estimate of drug-likeness (QED) is 0.517. The molecule has 7 heteroatoms. The average molecular weight is 272 g/mol. The van der Waals surface area contributed by atoms with Crippen LogP contribution >= 0.6 is 11.6 Å². The Morgan fingerprint density at radius 3 is 3.06 bits per heavy atom. The number of rotatable bonds is 4. The second kappa shape index (κ2) is 5.39. The van der Waals surface area contributed by atoms with Crippen molar-refractivity contribution in [1.29, 1.82) is 0 Å². The lowest BCUT2D eigenvalue weighted by molar-refractivity contribution is -0.384. The summed E-state index contributed by atoms with van der Waals surface area (Å²) in [7, 11) is 0. The molecule has 2 heterocycles. The molecule has 1 fully saturated rings. The van der Waals surface area contributed by atoms with Gasteiger partial charge in [-0.2, -0.15) is 0 Å². The highest BCUT2D eigenvalue weighted by molar-refractivity contribution is 6.17. The Kier molecular flexibility index (Phi) is 3.86. The predicted molar refractivity (Wildman–Crippen MR) is 66.8 cm³/mol. The van der Waals surface area contributed by atoms with Gasteiger partial charge >= 0.3 is 0 Å². The second-order valence-corrected chi connectivity index (χ2v) is 4.79. The molecular formula is C11H14ClN3O3. The van der Waals surface area contributed by atoms with Crippen LogP contribution in [0.5, 0.6) is 0 Å². The van der Waals surface area contributed by atoms with E-state index in [0.29, 0.717) is 24.9 Å². The monoisotopic (exact) mass is 271 g/mol. The van der Waals surface area contributed by atoms with Crippen LogP contribution in [0.2, 0.25) is 0 Å². The Morgan fingerprint density at radius 2 is 2.44 bits per heavy atom. The van der Waals surface area contributed by atoms with Crippen LogP contribution in [0.3, 0.4) is 0 Å². The topological polar surface area (TPSA) is 79.2 Å². The summed E-state index contributed by atoms with van der Waals surface area (Å²) in [5, 5.41) is 10.5. The molecule has 1 aromatic heterocycles. The van der Waals surface area contributed by atoms with E-state index < -0.39 is 4.92 Å². The van der Waals surface area contributed by atoms with Gasteiger partial charge in [0.05, 0.1) is 11.1 Å². The summed E-state index contributed by atoms with van der Waals surface area (Å²) in [6, 6.07) is 1.28. The van der Waals surface area contributed by atoms with E-state index in [-0.39, 0.29) is 17.3 Å². The van der Waals surface area contributed by atoms with Crippen LogP contribution < -0.4 is 0 Å². The molecule has 0 saturated carbocycles. The normalized spacial score (nSPS) is 19.2. The fourth-order valence-electron chi connectivity index (χ4n) is 2.19. The summed E-state index contributed by atoms with van der Waals surface area (Å²) in [6.07, 6.45) is 3.08. The van der Waals surface area contributed by atoms with Crippen molar-refractivity contribution in [2.75, 3.05) is 19.0 Å². The highest BCUT2D eigenvalue weighted by Crippen LogP contribution is 2.22. The van der Waals surface area contributed by atoms with Gasteiger partial charge in [-0.15, -0.1) is 11.6 Å². The van der Waals surface area contributed by atoms with Crippen LogP contribution in [-0.4, -0.2) is 39.7 Å². The maximum Gasteiger partial charge on any atom is 0.287 e. The second-order valence-electron chi connectivity index (χ2n) is 4.41. The first-order valence-electron chi connectivity index (χ1n) is 5.80. The summed E-state index contributed by atoms with van der Waals surface area (Å²) < 4.78 is 0. The summed E-state index contributed by atoms with van der Waals surface area (Å²) in [4.78, 5) is 26.5. The Hall–Kier alpha value is -1.56. The minimum atomic E-state index is -0.520. The number of aromatic amines is 1. The molecule has 0 radical (unpaired) electrons. The minimum Gasteiger partial charge on any atom is -0.351 e. The Labute approximate surface area is 109 Å². The van der Waals surface area contributed by atoms with Crippen LogP contribution in [0, 0.1) is 16.0 Å². The highest BCUT2D eigenvalue weighted by Gasteiger charge is 2.28. The molecule has 2 rings (SSSR count). The summed E-state index contributed by atoms with van der Waals surface area (Å²) in [6.45, 7) is 1.37. The van der Waals surface area contributed by atoms with Gasteiger partial charge in [0.25, 0.3) is 11.6 Å². The number of carbonyl (C=O) groups excluding carboxylic acids is 1. The molecule has 0 aliphatic carbocycles. The number of nitro groups is 1. The molecule has 1 aliphatic rings. The lowest BCUT2D eigenvalue weighted by atomic mass is 10.1. The van der Waals surface area contributed by atoms with Crippen molar-refractivity contribution in [3.05, 3.63) is 28.1 Å². The lowest BCUT2D eigenvalue weighted by Gasteiger charge is -2.15. The third-order valence-corrected chi connectivity index (χ3v) is 3.42. The number of likely N-dealkylation sites (tertiary alicyclic amines) is 1. The smallest absolute Gasteiger partial charge is 0.287 e. The predicted octanol–water partition coefficient (Wildman–Crippen LogP) is 2.01. The Balaban J connectivity index is 2.01. The van der Waals surface area contributed by atoms with E-state index in [1.807, 2.05) is 0 Å². The molecule has 18 heavy (non-hydrogen) atoms. The van der Waals surface area contributed by atoms with Crippen molar-refractivity contribution in [3.8, 4) is 0 Å². The van der Waals surface area contributed by atoms with E-state index in [0.717, 1.165) is 12.8 Å². The first-order valence-corrected chi connectivity index (χ1v) is 6.33. The standard InChI is InChI=1S/C11H14ClN3O3/c12-3-1-8-2-4-14(7-8)11(16)10-5-9(6-13-10)15(17)18/h5-6,8,13H,1-4,7H2. The van der Waals surface area contributed by atoms with E-state index in [2.05, 4.69) is 4.98 Å². The molecule has 0 aromatic carbocycles. The van der Waals surface area contributed by atoms with Gasteiger partial charge in [0.2, 0.25) is 0 Å². The molecule has 1 aromatic rings. The van der Waals surface area contributed by atoms with Gasteiger partial charge in [-0.1, -0.05) is 0 Å². The van der Waals surface area contributed by atoms with Crippen LogP contribution in [0.1, 0.15) is 23.3 Å². The molecule has 0 bridgehead atoms. The number of nitrogens with zero attached hydrogens (tertiary/aromatic N) is 2. The van der Waals surface area contributed by atoms with E-state index in [1.54, 1.807) is 4.90 Å². The van der Waals surface area contributed by atoms with E-state index >= 15 is 0 Å². The number of aromatic nitrogens is 1. The van der Waals surface area contributed by atoms with Crippen molar-refractivity contribution in [2.24, 2.45) is 5.92 Å². The third kappa shape index (κ3) is 2.64. The summed E-state index contributed by atoms with van der Waals surface area (Å²) in [5.74, 6) is 0.859. The fraction of sp³-hybridized carbons (Fsp3) is 0.545. The van der Waals surface area contributed by atoms with Gasteiger partial charge in [-0.3, -0.25) is 14.9 Å². The number of hydrogen-bond acceptors (Lipinski definition) is 3. The number of H-pyrrole nitrogens is 1. The van der Waals surface area contributed by atoms with Gasteiger partial charge < -0.3 is 9.88 Å². The average Bonchev–Trinajstić information content (AvgIpc) is 2.97. The molecule has 1 atom stereocenters. The zero-order valence-electron chi connectivity index (χ0n) is 9.76. The molecular weight excluding hydrogens is 258 g/mol. The molecule has 1 saturated heterocycles. The summed E-state index contributed by atoms with van der Waals surface area (Å²) >= 11 is 5.68. The summed E-state index contributed by atoms with van der Waals surface area (Å²) in [5.41, 5.74) is 0.183. The zero-order chi connectivity index (χ0) is 13.1. The number of amides is 1. The highest BCUT2D eigenvalue weighted by atomic mass is 35.5. The number of nitrogens with one attached hydrogen (secondary N) is 1. The maximum atomic E-state index is 12.1. The fourth-order valence-corrected chi connectivity index (χ4v) is 2.50. The van der Waals surface area contributed by atoms with Crippen molar-refractivity contribution in [3.63, 3.8) is 0 Å². The van der Waals surface area contributed by atoms with Gasteiger partial charge in [0, 0.05) is 25.0 Å². The molecule has 1 aliphatic heterocycles. The van der Waals surface area contributed by atoms with Gasteiger partial charge in [-0.05, 0) is 18.8 Å². The SMILES string of the molecule is O=C(c1cc([N+](=O)[O-])c[nH]1)N1CCC(CCCl)C1. The molecule has 6 nitrogen and oxygen atoms in total. The van der Waals surface area contributed by atoms with Crippen molar-refractivity contribution < 1.29 is 9.72 Å². The molecule has 1 amide bonds. The van der Waals surface area contributed by atoms with Crippen LogP contribution in [0.25, 0.3) is 0 Å². The number of halogens is 1. The maximum absolute atomic E-state index is 12.1. The van der Waals surface area contributed by atoms with Crippen LogP contribution in [0.15, 0.2) is 12.3 Å². The molecule has 1 unspecified atom stereocenters. The van der Waals surface area contributed by atoms with Gasteiger partial charge in [-0.25, -0.2) is 0 Å². The van der Waals surface area contributed by atoms with Crippen molar-refractivity contribution in [2.45, 2.75) is 12.8 Å². The molecule has 0 spiro atoms. The Bertz CT molecular complexity index is 460. The van der Waals surface area contributed by atoms with Gasteiger partial charge in [0.15, 0.2) is 0 Å². The lowest BCUT2D eigenvalue weighted by Crippen LogP contribution is -2.28. The number of alkyl halides is 1. The van der Waals surface area contributed by atoms with E-state index in [1.165, 1.54) is 12.3 Å². The van der Waals surface area contributed by atoms with Crippen molar-refractivity contribution in [1.82, 2.24) is 9.88 Å². The first-order chi connectivity index (χ1) is 8.61. The van der Waals surface area contributed by atoms with E-state index in [9.17, 15) is 14.9 Å². The third-order valence-electron chi connectivity index (χ3n) is 3.20.